The number of carbonyl (C=O) groups is 1. The van der Waals surface area contributed by atoms with Gasteiger partial charge in [0, 0.05) is 40.8 Å². The Hall–Kier alpha value is -2.05. The molecule has 1 atom stereocenters. The summed E-state index contributed by atoms with van der Waals surface area (Å²) in [7, 11) is 0. The highest BCUT2D eigenvalue weighted by Gasteiger charge is 2.19. The fourth-order valence-corrected chi connectivity index (χ4v) is 3.42. The number of rotatable bonds is 5. The van der Waals surface area contributed by atoms with Gasteiger partial charge in [0.15, 0.2) is 0 Å². The van der Waals surface area contributed by atoms with Crippen molar-refractivity contribution in [3.05, 3.63) is 69.1 Å². The van der Waals surface area contributed by atoms with Crippen molar-refractivity contribution in [3.8, 4) is 0 Å². The number of amides is 1. The van der Waals surface area contributed by atoms with E-state index in [0.29, 0.717) is 5.56 Å². The van der Waals surface area contributed by atoms with Crippen molar-refractivity contribution in [2.24, 2.45) is 0 Å². The number of carbonyl (C=O) groups excluding carboxylic acids is 1. The number of aromatic nitrogens is 2. The SMILES string of the molecule is O=C(N[C@H](Cc1cccs1)c1nccs1)c1ccncc1. The molecule has 0 aromatic carbocycles. The molecule has 1 amide bonds. The summed E-state index contributed by atoms with van der Waals surface area (Å²) in [5, 5.41) is 7.95. The Morgan fingerprint density at radius 1 is 1.14 bits per heavy atom. The number of nitrogens with zero attached hydrogens (tertiary/aromatic N) is 2. The van der Waals surface area contributed by atoms with Gasteiger partial charge in [-0.2, -0.15) is 0 Å². The van der Waals surface area contributed by atoms with Crippen molar-refractivity contribution in [2.45, 2.75) is 12.5 Å². The molecule has 1 N–H and O–H groups in total. The monoisotopic (exact) mass is 315 g/mol. The van der Waals surface area contributed by atoms with Crippen LogP contribution in [0.25, 0.3) is 0 Å². The molecule has 3 heterocycles. The predicted octanol–water partition coefficient (Wildman–Crippen LogP) is 3.31. The van der Waals surface area contributed by atoms with Gasteiger partial charge < -0.3 is 5.32 Å². The average Bonchev–Trinajstić information content (AvgIpc) is 3.21. The highest BCUT2D eigenvalue weighted by atomic mass is 32.1. The van der Waals surface area contributed by atoms with Crippen molar-refractivity contribution in [3.63, 3.8) is 0 Å². The van der Waals surface area contributed by atoms with E-state index in [1.807, 2.05) is 16.8 Å². The number of hydrogen-bond donors (Lipinski definition) is 1. The Morgan fingerprint density at radius 2 is 2.00 bits per heavy atom. The van der Waals surface area contributed by atoms with Gasteiger partial charge in [-0.1, -0.05) is 6.07 Å². The molecule has 21 heavy (non-hydrogen) atoms. The van der Waals surface area contributed by atoms with E-state index in [0.717, 1.165) is 11.4 Å². The summed E-state index contributed by atoms with van der Waals surface area (Å²) in [5.74, 6) is -0.103. The number of nitrogens with one attached hydrogen (secondary N) is 1. The van der Waals surface area contributed by atoms with E-state index in [2.05, 4.69) is 21.4 Å². The Bertz CT molecular complexity index is 681. The lowest BCUT2D eigenvalue weighted by Crippen LogP contribution is -2.29. The molecule has 0 saturated carbocycles. The first kappa shape index (κ1) is 13.9. The normalized spacial score (nSPS) is 12.0. The molecular weight excluding hydrogens is 302 g/mol. The van der Waals surface area contributed by atoms with Crippen molar-refractivity contribution < 1.29 is 4.79 Å². The summed E-state index contributed by atoms with van der Waals surface area (Å²) in [4.78, 5) is 21.8. The number of thiazole rings is 1. The van der Waals surface area contributed by atoms with Gasteiger partial charge in [0.1, 0.15) is 5.01 Å². The Balaban J connectivity index is 1.78. The Kier molecular flexibility index (Phi) is 4.37. The molecule has 0 aliphatic rings. The molecule has 3 rings (SSSR count). The summed E-state index contributed by atoms with van der Waals surface area (Å²) >= 11 is 3.24. The summed E-state index contributed by atoms with van der Waals surface area (Å²) in [6.45, 7) is 0. The summed E-state index contributed by atoms with van der Waals surface area (Å²) in [6.07, 6.45) is 5.75. The Morgan fingerprint density at radius 3 is 2.67 bits per heavy atom. The van der Waals surface area contributed by atoms with E-state index >= 15 is 0 Å². The maximum absolute atomic E-state index is 12.3. The van der Waals surface area contributed by atoms with Crippen LogP contribution in [0.5, 0.6) is 0 Å². The summed E-state index contributed by atoms with van der Waals surface area (Å²) in [5.41, 5.74) is 0.609. The van der Waals surface area contributed by atoms with E-state index < -0.39 is 0 Å². The molecule has 0 unspecified atom stereocenters. The highest BCUT2D eigenvalue weighted by Crippen LogP contribution is 2.23. The summed E-state index contributed by atoms with van der Waals surface area (Å²) in [6, 6.07) is 7.40. The third-order valence-electron chi connectivity index (χ3n) is 2.98. The number of thiophene rings is 1. The molecule has 4 nitrogen and oxygen atoms in total. The molecule has 3 aromatic rings. The predicted molar refractivity (Wildman–Crippen MR) is 84.6 cm³/mol. The van der Waals surface area contributed by atoms with Crippen LogP contribution in [-0.4, -0.2) is 15.9 Å². The third kappa shape index (κ3) is 3.53. The first-order valence-corrected chi connectivity index (χ1v) is 8.21. The second-order valence-electron chi connectivity index (χ2n) is 4.42. The van der Waals surface area contributed by atoms with Gasteiger partial charge in [-0.3, -0.25) is 9.78 Å². The molecule has 6 heteroatoms. The number of pyridine rings is 1. The molecule has 0 aliphatic carbocycles. The lowest BCUT2D eigenvalue weighted by molar-refractivity contribution is 0.0936. The molecular formula is C15H13N3OS2. The molecule has 3 aromatic heterocycles. The zero-order valence-corrected chi connectivity index (χ0v) is 12.7. The van der Waals surface area contributed by atoms with E-state index in [-0.39, 0.29) is 11.9 Å². The molecule has 0 radical (unpaired) electrons. The van der Waals surface area contributed by atoms with Crippen molar-refractivity contribution in [1.29, 1.82) is 0 Å². The van der Waals surface area contributed by atoms with Gasteiger partial charge in [0.25, 0.3) is 5.91 Å². The van der Waals surface area contributed by atoms with Crippen molar-refractivity contribution in [2.75, 3.05) is 0 Å². The minimum atomic E-state index is -0.107. The lowest BCUT2D eigenvalue weighted by atomic mass is 10.1. The van der Waals surface area contributed by atoms with Crippen LogP contribution < -0.4 is 5.32 Å². The second kappa shape index (κ2) is 6.60. The van der Waals surface area contributed by atoms with E-state index in [1.54, 1.807) is 53.4 Å². The van der Waals surface area contributed by atoms with E-state index in [4.69, 9.17) is 0 Å². The molecule has 0 saturated heterocycles. The van der Waals surface area contributed by atoms with Gasteiger partial charge in [-0.25, -0.2) is 4.98 Å². The fraction of sp³-hybridized carbons (Fsp3) is 0.133. The molecule has 0 aliphatic heterocycles. The molecule has 0 bridgehead atoms. The van der Waals surface area contributed by atoms with Gasteiger partial charge in [0.2, 0.25) is 0 Å². The van der Waals surface area contributed by atoms with Crippen LogP contribution in [0.2, 0.25) is 0 Å². The Labute approximate surface area is 130 Å². The van der Waals surface area contributed by atoms with Crippen LogP contribution in [0, 0.1) is 0 Å². The first-order chi connectivity index (χ1) is 10.3. The average molecular weight is 315 g/mol. The van der Waals surface area contributed by atoms with Gasteiger partial charge in [0.05, 0.1) is 6.04 Å². The van der Waals surface area contributed by atoms with Crippen molar-refractivity contribution in [1.82, 2.24) is 15.3 Å². The van der Waals surface area contributed by atoms with Crippen molar-refractivity contribution >= 4 is 28.6 Å². The lowest BCUT2D eigenvalue weighted by Gasteiger charge is -2.15. The van der Waals surface area contributed by atoms with E-state index in [9.17, 15) is 4.79 Å². The molecule has 106 valence electrons. The molecule has 0 fully saturated rings. The van der Waals surface area contributed by atoms with Crippen LogP contribution >= 0.6 is 22.7 Å². The third-order valence-corrected chi connectivity index (χ3v) is 4.77. The second-order valence-corrected chi connectivity index (χ2v) is 6.37. The zero-order chi connectivity index (χ0) is 14.5. The van der Waals surface area contributed by atoms with Crippen LogP contribution in [0.3, 0.4) is 0 Å². The highest BCUT2D eigenvalue weighted by molar-refractivity contribution is 7.10. The largest absolute Gasteiger partial charge is 0.342 e. The maximum atomic E-state index is 12.3. The van der Waals surface area contributed by atoms with Crippen LogP contribution in [-0.2, 0) is 6.42 Å². The topological polar surface area (TPSA) is 54.9 Å². The van der Waals surface area contributed by atoms with Gasteiger partial charge in [-0.05, 0) is 23.6 Å². The standard InChI is InChI=1S/C15H13N3OS2/c19-14(11-3-5-16-6-4-11)18-13(15-17-7-9-21-15)10-12-2-1-8-20-12/h1-9,13H,10H2,(H,18,19)/t13-/m1/s1. The summed E-state index contributed by atoms with van der Waals surface area (Å²) < 4.78 is 0. The van der Waals surface area contributed by atoms with Crippen LogP contribution in [0.15, 0.2) is 53.6 Å². The van der Waals surface area contributed by atoms with Gasteiger partial charge in [-0.15, -0.1) is 22.7 Å². The smallest absolute Gasteiger partial charge is 0.251 e. The fourth-order valence-electron chi connectivity index (χ4n) is 1.98. The molecule has 0 spiro atoms. The minimum absolute atomic E-state index is 0.103. The zero-order valence-electron chi connectivity index (χ0n) is 11.1. The maximum Gasteiger partial charge on any atom is 0.251 e. The quantitative estimate of drug-likeness (QED) is 0.786. The minimum Gasteiger partial charge on any atom is -0.342 e. The number of hydrogen-bond acceptors (Lipinski definition) is 5. The first-order valence-electron chi connectivity index (χ1n) is 6.45. The van der Waals surface area contributed by atoms with Crippen LogP contribution in [0.1, 0.15) is 26.3 Å². The van der Waals surface area contributed by atoms with Crippen LogP contribution in [0.4, 0.5) is 0 Å². The van der Waals surface area contributed by atoms with Gasteiger partial charge >= 0.3 is 0 Å². The van der Waals surface area contributed by atoms with E-state index in [1.165, 1.54) is 4.88 Å².